The predicted octanol–water partition coefficient (Wildman–Crippen LogP) is 2.83. The highest BCUT2D eigenvalue weighted by atomic mass is 19.1. The Labute approximate surface area is 151 Å². The highest BCUT2D eigenvalue weighted by Crippen LogP contribution is 2.40. The second kappa shape index (κ2) is 6.34. The van der Waals surface area contributed by atoms with Crippen molar-refractivity contribution in [2.45, 2.75) is 32.1 Å². The number of carbonyl (C=O) groups excluding carboxylic acids is 2. The number of nitrogens with two attached hydrogens (primary N) is 1. The number of rotatable bonds is 3. The first-order valence-electron chi connectivity index (χ1n) is 9.13. The smallest absolute Gasteiger partial charge is 0.250 e. The molecular formula is C20H22FN3O2. The van der Waals surface area contributed by atoms with E-state index in [1.807, 2.05) is 4.90 Å². The molecule has 1 aliphatic heterocycles. The van der Waals surface area contributed by atoms with Crippen LogP contribution in [0.2, 0.25) is 0 Å². The zero-order valence-electron chi connectivity index (χ0n) is 14.7. The number of amides is 2. The van der Waals surface area contributed by atoms with Gasteiger partial charge < -0.3 is 10.6 Å². The van der Waals surface area contributed by atoms with Crippen molar-refractivity contribution in [1.82, 2.24) is 9.88 Å². The number of likely N-dealkylation sites (tertiary alicyclic amines) is 1. The quantitative estimate of drug-likeness (QED) is 0.920. The third kappa shape index (κ3) is 3.04. The Balaban J connectivity index is 1.68. The molecule has 3 atom stereocenters. The first-order chi connectivity index (χ1) is 12.4. The van der Waals surface area contributed by atoms with Gasteiger partial charge in [-0.05, 0) is 49.4 Å². The number of pyridine rings is 1. The number of piperidine rings is 1. The van der Waals surface area contributed by atoms with Gasteiger partial charge >= 0.3 is 0 Å². The van der Waals surface area contributed by atoms with Gasteiger partial charge in [-0.1, -0.05) is 6.92 Å². The second-order valence-electron chi connectivity index (χ2n) is 7.57. The summed E-state index contributed by atoms with van der Waals surface area (Å²) in [7, 11) is 0. The van der Waals surface area contributed by atoms with Crippen molar-refractivity contribution in [1.29, 1.82) is 0 Å². The Bertz CT molecular complexity index is 898. The van der Waals surface area contributed by atoms with Crippen LogP contribution in [-0.2, 0) is 4.79 Å². The van der Waals surface area contributed by atoms with Crippen LogP contribution in [0.15, 0.2) is 24.3 Å². The van der Waals surface area contributed by atoms with Crippen LogP contribution in [0.25, 0.3) is 10.9 Å². The molecule has 2 amide bonds. The van der Waals surface area contributed by atoms with E-state index in [1.54, 1.807) is 12.1 Å². The van der Waals surface area contributed by atoms with E-state index < -0.39 is 5.91 Å². The van der Waals surface area contributed by atoms with Crippen LogP contribution >= 0.6 is 0 Å². The molecule has 136 valence electrons. The molecule has 1 aromatic carbocycles. The van der Waals surface area contributed by atoms with Crippen LogP contribution in [0.3, 0.4) is 0 Å². The van der Waals surface area contributed by atoms with Crippen molar-refractivity contribution >= 4 is 22.7 Å². The molecule has 2 heterocycles. The molecule has 0 radical (unpaired) electrons. The van der Waals surface area contributed by atoms with Crippen molar-refractivity contribution in [3.05, 3.63) is 41.3 Å². The lowest BCUT2D eigenvalue weighted by Crippen LogP contribution is -2.40. The van der Waals surface area contributed by atoms with Gasteiger partial charge in [0.15, 0.2) is 0 Å². The van der Waals surface area contributed by atoms with Crippen molar-refractivity contribution in [3.63, 3.8) is 0 Å². The maximum atomic E-state index is 13.5. The molecule has 26 heavy (non-hydrogen) atoms. The standard InChI is InChI=1S/C20H22FN3O2/c1-11-7-15(11)20(26)24-6-2-3-12(10-24)18-16(19(22)25)9-13-8-14(21)4-5-17(13)23-18/h4-5,8-9,11-12,15H,2-3,6-7,10H2,1H3,(H2,22,25)/t11-,12-,15+/m1/s1. The van der Waals surface area contributed by atoms with E-state index in [-0.39, 0.29) is 23.6 Å². The van der Waals surface area contributed by atoms with E-state index in [2.05, 4.69) is 11.9 Å². The van der Waals surface area contributed by atoms with Gasteiger partial charge in [-0.3, -0.25) is 14.6 Å². The monoisotopic (exact) mass is 355 g/mol. The number of benzene rings is 1. The van der Waals surface area contributed by atoms with Crippen LogP contribution in [0.4, 0.5) is 4.39 Å². The summed E-state index contributed by atoms with van der Waals surface area (Å²) in [6.07, 6.45) is 2.69. The van der Waals surface area contributed by atoms with Gasteiger partial charge in [-0.25, -0.2) is 4.39 Å². The average Bonchev–Trinajstić information content (AvgIpc) is 3.36. The number of halogens is 1. The summed E-state index contributed by atoms with van der Waals surface area (Å²) in [5.74, 6) is -0.146. The van der Waals surface area contributed by atoms with E-state index in [9.17, 15) is 14.0 Å². The third-order valence-electron chi connectivity index (χ3n) is 5.62. The molecular weight excluding hydrogens is 333 g/mol. The number of primary amides is 1. The molecule has 2 aliphatic rings. The van der Waals surface area contributed by atoms with Gasteiger partial charge in [0.1, 0.15) is 5.82 Å². The van der Waals surface area contributed by atoms with E-state index in [0.717, 1.165) is 25.8 Å². The molecule has 0 spiro atoms. The SMILES string of the molecule is C[C@@H]1C[C@@H]1C(=O)N1CCC[C@@H](c2nc3ccc(F)cc3cc2C(N)=O)C1. The van der Waals surface area contributed by atoms with Gasteiger partial charge in [-0.2, -0.15) is 0 Å². The molecule has 1 aliphatic carbocycles. The maximum absolute atomic E-state index is 13.5. The molecule has 2 N–H and O–H groups in total. The van der Waals surface area contributed by atoms with Gasteiger partial charge in [0.25, 0.3) is 5.91 Å². The van der Waals surface area contributed by atoms with Crippen LogP contribution in [0, 0.1) is 17.7 Å². The van der Waals surface area contributed by atoms with Crippen molar-refractivity contribution in [2.75, 3.05) is 13.1 Å². The molecule has 0 bridgehead atoms. The summed E-state index contributed by atoms with van der Waals surface area (Å²) in [5, 5.41) is 0.554. The summed E-state index contributed by atoms with van der Waals surface area (Å²) < 4.78 is 13.5. The Kier molecular flexibility index (Phi) is 4.13. The normalized spacial score (nSPS) is 25.3. The van der Waals surface area contributed by atoms with Gasteiger partial charge in [0, 0.05) is 30.3 Å². The Morgan fingerprint density at radius 1 is 1.31 bits per heavy atom. The van der Waals surface area contributed by atoms with Gasteiger partial charge in [0.2, 0.25) is 5.91 Å². The van der Waals surface area contributed by atoms with E-state index in [0.29, 0.717) is 34.6 Å². The molecule has 2 fully saturated rings. The lowest BCUT2D eigenvalue weighted by Gasteiger charge is -2.33. The highest BCUT2D eigenvalue weighted by molar-refractivity contribution is 5.98. The van der Waals surface area contributed by atoms with Crippen LogP contribution in [0.5, 0.6) is 0 Å². The van der Waals surface area contributed by atoms with Gasteiger partial charge in [0.05, 0.1) is 16.8 Å². The summed E-state index contributed by atoms with van der Waals surface area (Å²) in [4.78, 5) is 31.1. The maximum Gasteiger partial charge on any atom is 0.250 e. The molecule has 2 aromatic rings. The molecule has 1 saturated heterocycles. The number of hydrogen-bond donors (Lipinski definition) is 1. The lowest BCUT2D eigenvalue weighted by atomic mass is 9.90. The van der Waals surface area contributed by atoms with E-state index >= 15 is 0 Å². The van der Waals surface area contributed by atoms with Crippen LogP contribution < -0.4 is 5.73 Å². The number of nitrogens with zero attached hydrogens (tertiary/aromatic N) is 2. The lowest BCUT2D eigenvalue weighted by molar-refractivity contribution is -0.134. The minimum Gasteiger partial charge on any atom is -0.366 e. The summed E-state index contributed by atoms with van der Waals surface area (Å²) in [6.45, 7) is 3.41. The molecule has 0 unspecified atom stereocenters. The topological polar surface area (TPSA) is 76.3 Å². The highest BCUT2D eigenvalue weighted by Gasteiger charge is 2.42. The zero-order chi connectivity index (χ0) is 18.4. The predicted molar refractivity (Wildman–Crippen MR) is 96.0 cm³/mol. The van der Waals surface area contributed by atoms with E-state index in [4.69, 9.17) is 5.73 Å². The van der Waals surface area contributed by atoms with E-state index in [1.165, 1.54) is 12.1 Å². The molecule has 1 aromatic heterocycles. The largest absolute Gasteiger partial charge is 0.366 e. The number of hydrogen-bond acceptors (Lipinski definition) is 3. The fraction of sp³-hybridized carbons (Fsp3) is 0.450. The van der Waals surface area contributed by atoms with Crippen molar-refractivity contribution in [3.8, 4) is 0 Å². The minimum absolute atomic E-state index is 0.0290. The summed E-state index contributed by atoms with van der Waals surface area (Å²) >= 11 is 0. The fourth-order valence-electron chi connectivity index (χ4n) is 3.97. The first-order valence-corrected chi connectivity index (χ1v) is 9.13. The number of carbonyl (C=O) groups is 2. The van der Waals surface area contributed by atoms with Gasteiger partial charge in [-0.15, -0.1) is 0 Å². The summed E-state index contributed by atoms with van der Waals surface area (Å²) in [5.41, 5.74) is 7.14. The number of fused-ring (bicyclic) bond motifs is 1. The van der Waals surface area contributed by atoms with Crippen LogP contribution in [-0.4, -0.2) is 34.8 Å². The fourth-order valence-corrected chi connectivity index (χ4v) is 3.97. The molecule has 4 rings (SSSR count). The average molecular weight is 355 g/mol. The Morgan fingerprint density at radius 2 is 2.08 bits per heavy atom. The first kappa shape index (κ1) is 16.9. The molecule has 5 nitrogen and oxygen atoms in total. The third-order valence-corrected chi connectivity index (χ3v) is 5.62. The summed E-state index contributed by atoms with van der Waals surface area (Å²) in [6, 6.07) is 5.93. The number of aromatic nitrogens is 1. The van der Waals surface area contributed by atoms with Crippen molar-refractivity contribution < 1.29 is 14.0 Å². The molecule has 6 heteroatoms. The second-order valence-corrected chi connectivity index (χ2v) is 7.57. The Hall–Kier alpha value is -2.50. The van der Waals surface area contributed by atoms with Crippen molar-refractivity contribution in [2.24, 2.45) is 17.6 Å². The minimum atomic E-state index is -0.571. The van der Waals surface area contributed by atoms with Crippen LogP contribution in [0.1, 0.15) is 48.2 Å². The Morgan fingerprint density at radius 3 is 2.77 bits per heavy atom. The molecule has 1 saturated carbocycles. The zero-order valence-corrected chi connectivity index (χ0v) is 14.7.